The molecule has 148 valence electrons. The van der Waals surface area contributed by atoms with E-state index in [2.05, 4.69) is 20.7 Å². The molecule has 0 aliphatic heterocycles. The van der Waals surface area contributed by atoms with Gasteiger partial charge in [-0.05, 0) is 44.2 Å². The monoisotopic (exact) mass is 387 g/mol. The number of hydrogen-bond donors (Lipinski definition) is 2. The highest BCUT2D eigenvalue weighted by atomic mass is 19.1. The number of benzene rings is 1. The van der Waals surface area contributed by atoms with Crippen molar-refractivity contribution < 1.29 is 18.7 Å². The highest BCUT2D eigenvalue weighted by molar-refractivity contribution is 5.70. The van der Waals surface area contributed by atoms with Crippen molar-refractivity contribution in [2.75, 3.05) is 25.6 Å². The van der Waals surface area contributed by atoms with E-state index in [1.807, 2.05) is 13.8 Å². The summed E-state index contributed by atoms with van der Waals surface area (Å²) in [5.41, 5.74) is 1.76. The number of anilines is 1. The maximum Gasteiger partial charge on any atom is 0.407 e. The number of hydrogen-bond acceptors (Lipinski definition) is 6. The van der Waals surface area contributed by atoms with Crippen molar-refractivity contribution in [1.29, 1.82) is 0 Å². The first kappa shape index (κ1) is 19.4. The van der Waals surface area contributed by atoms with Crippen LogP contribution in [0.15, 0.2) is 36.5 Å². The lowest BCUT2D eigenvalue weighted by Crippen LogP contribution is -2.31. The number of nitrogens with zero attached hydrogens (tertiary/aromatic N) is 3. The molecule has 1 aromatic carbocycles. The largest absolute Gasteiger partial charge is 0.496 e. The first-order valence-corrected chi connectivity index (χ1v) is 8.84. The Kier molecular flexibility index (Phi) is 5.93. The molecular weight excluding hydrogens is 365 g/mol. The number of alkyl carbamates (subject to hydrolysis) is 1. The van der Waals surface area contributed by atoms with Crippen LogP contribution in [0.4, 0.5) is 15.0 Å². The van der Waals surface area contributed by atoms with Crippen LogP contribution in [0.25, 0.3) is 16.9 Å². The maximum atomic E-state index is 13.7. The molecule has 1 amide bonds. The van der Waals surface area contributed by atoms with E-state index in [9.17, 15) is 9.18 Å². The first-order chi connectivity index (χ1) is 13.5. The van der Waals surface area contributed by atoms with Gasteiger partial charge in [-0.3, -0.25) is 0 Å². The molecule has 0 fully saturated rings. The maximum absolute atomic E-state index is 13.7. The molecule has 3 aromatic rings. The van der Waals surface area contributed by atoms with Crippen molar-refractivity contribution in [2.45, 2.75) is 19.9 Å². The molecule has 28 heavy (non-hydrogen) atoms. The summed E-state index contributed by atoms with van der Waals surface area (Å²) in [6.07, 6.45) is 1.15. The van der Waals surface area contributed by atoms with Crippen LogP contribution >= 0.6 is 0 Å². The number of nitrogens with one attached hydrogen (secondary N) is 2. The quantitative estimate of drug-likeness (QED) is 0.606. The lowest BCUT2D eigenvalue weighted by atomic mass is 10.1. The van der Waals surface area contributed by atoms with Crippen LogP contribution in [0, 0.1) is 5.82 Å². The van der Waals surface area contributed by atoms with Crippen LogP contribution in [0.2, 0.25) is 0 Å². The lowest BCUT2D eigenvalue weighted by molar-refractivity contribution is 0.148. The molecule has 0 atom stereocenters. The number of aromatic nitrogens is 3. The summed E-state index contributed by atoms with van der Waals surface area (Å²) in [6.45, 7) is 4.29. The summed E-state index contributed by atoms with van der Waals surface area (Å²) in [5.74, 6) is 0.708. The third-order valence-electron chi connectivity index (χ3n) is 3.85. The van der Waals surface area contributed by atoms with Gasteiger partial charge in [0.05, 0.1) is 25.5 Å². The zero-order chi connectivity index (χ0) is 20.1. The van der Waals surface area contributed by atoms with E-state index in [-0.39, 0.29) is 18.5 Å². The third kappa shape index (κ3) is 4.48. The van der Waals surface area contributed by atoms with E-state index in [1.54, 1.807) is 28.9 Å². The summed E-state index contributed by atoms with van der Waals surface area (Å²) in [5, 5.41) is 10.2. The zero-order valence-corrected chi connectivity index (χ0v) is 15.9. The van der Waals surface area contributed by atoms with E-state index < -0.39 is 6.09 Å². The van der Waals surface area contributed by atoms with Crippen molar-refractivity contribution in [2.24, 2.45) is 0 Å². The van der Waals surface area contributed by atoms with Crippen LogP contribution in [-0.4, -0.2) is 47.0 Å². The SMILES string of the molecule is COc1ccc(F)cc1-c1cnc2ccc(NCCOC(=O)NC(C)C)nn12. The fourth-order valence-electron chi connectivity index (χ4n) is 2.63. The fraction of sp³-hybridized carbons (Fsp3) is 0.316. The summed E-state index contributed by atoms with van der Waals surface area (Å²) in [7, 11) is 1.52. The second kappa shape index (κ2) is 8.55. The van der Waals surface area contributed by atoms with Crippen molar-refractivity contribution in [1.82, 2.24) is 19.9 Å². The van der Waals surface area contributed by atoms with Crippen molar-refractivity contribution in [3.8, 4) is 17.0 Å². The highest BCUT2D eigenvalue weighted by Gasteiger charge is 2.14. The molecule has 0 bridgehead atoms. The molecule has 3 rings (SSSR count). The van der Waals surface area contributed by atoms with Gasteiger partial charge in [-0.2, -0.15) is 0 Å². The molecule has 2 N–H and O–H groups in total. The molecule has 0 saturated carbocycles. The summed E-state index contributed by atoms with van der Waals surface area (Å²) in [4.78, 5) is 15.8. The summed E-state index contributed by atoms with van der Waals surface area (Å²) >= 11 is 0. The van der Waals surface area contributed by atoms with E-state index in [0.717, 1.165) is 0 Å². The van der Waals surface area contributed by atoms with Gasteiger partial charge in [-0.1, -0.05) is 0 Å². The standard InChI is InChI=1S/C19H22FN5O3/c1-12(2)23-19(26)28-9-8-21-17-6-7-18-22-11-15(25(18)24-17)14-10-13(20)4-5-16(14)27-3/h4-7,10-12H,8-9H2,1-3H3,(H,21,24)(H,23,26). The van der Waals surface area contributed by atoms with Crippen LogP contribution < -0.4 is 15.4 Å². The molecule has 2 aromatic heterocycles. The number of amides is 1. The Balaban J connectivity index is 1.74. The van der Waals surface area contributed by atoms with Gasteiger partial charge in [-0.25, -0.2) is 18.7 Å². The molecule has 0 radical (unpaired) electrons. The van der Waals surface area contributed by atoms with Gasteiger partial charge < -0.3 is 20.1 Å². The van der Waals surface area contributed by atoms with Crippen molar-refractivity contribution in [3.05, 3.63) is 42.3 Å². The fourth-order valence-corrected chi connectivity index (χ4v) is 2.63. The second-order valence-corrected chi connectivity index (χ2v) is 6.34. The minimum Gasteiger partial charge on any atom is -0.496 e. The van der Waals surface area contributed by atoms with Gasteiger partial charge in [0.1, 0.15) is 24.0 Å². The van der Waals surface area contributed by atoms with Crippen LogP contribution in [0.3, 0.4) is 0 Å². The van der Waals surface area contributed by atoms with E-state index in [1.165, 1.54) is 19.2 Å². The average molecular weight is 387 g/mol. The van der Waals surface area contributed by atoms with Gasteiger partial charge in [0.25, 0.3) is 0 Å². The normalized spacial score (nSPS) is 10.9. The number of carbonyl (C=O) groups excluding carboxylic acids is 1. The molecule has 0 aliphatic rings. The predicted octanol–water partition coefficient (Wildman–Crippen LogP) is 3.09. The van der Waals surface area contributed by atoms with Crippen molar-refractivity contribution >= 4 is 17.6 Å². The molecule has 0 unspecified atom stereocenters. The molecule has 0 aliphatic carbocycles. The number of imidazole rings is 1. The Morgan fingerprint density at radius 1 is 1.29 bits per heavy atom. The lowest BCUT2D eigenvalue weighted by Gasteiger charge is -2.11. The first-order valence-electron chi connectivity index (χ1n) is 8.84. The molecule has 0 saturated heterocycles. The van der Waals surface area contributed by atoms with Crippen molar-refractivity contribution in [3.63, 3.8) is 0 Å². The molecule has 2 heterocycles. The van der Waals surface area contributed by atoms with Crippen LogP contribution in [0.5, 0.6) is 5.75 Å². The minimum absolute atomic E-state index is 0.0176. The predicted molar refractivity (Wildman–Crippen MR) is 103 cm³/mol. The number of methoxy groups -OCH3 is 1. The molecule has 0 spiro atoms. The Morgan fingerprint density at radius 3 is 2.86 bits per heavy atom. The van der Waals surface area contributed by atoms with Crippen LogP contribution in [0.1, 0.15) is 13.8 Å². The minimum atomic E-state index is -0.463. The molecular formula is C19H22FN5O3. The van der Waals surface area contributed by atoms with Gasteiger partial charge >= 0.3 is 6.09 Å². The highest BCUT2D eigenvalue weighted by Crippen LogP contribution is 2.30. The van der Waals surface area contributed by atoms with Crippen LogP contribution in [-0.2, 0) is 4.74 Å². The number of halogens is 1. The smallest absolute Gasteiger partial charge is 0.407 e. The number of rotatable bonds is 7. The van der Waals surface area contributed by atoms with E-state index in [4.69, 9.17) is 9.47 Å². The number of ether oxygens (including phenoxy) is 2. The number of carbonyl (C=O) groups is 1. The molecule has 9 heteroatoms. The average Bonchev–Trinajstić information content (AvgIpc) is 3.07. The Labute approximate surface area is 161 Å². The molecule has 8 nitrogen and oxygen atoms in total. The third-order valence-corrected chi connectivity index (χ3v) is 3.85. The van der Waals surface area contributed by atoms with E-state index in [0.29, 0.717) is 35.0 Å². The number of fused-ring (bicyclic) bond motifs is 1. The Bertz CT molecular complexity index is 973. The summed E-state index contributed by atoms with van der Waals surface area (Å²) in [6, 6.07) is 7.85. The topological polar surface area (TPSA) is 89.8 Å². The summed E-state index contributed by atoms with van der Waals surface area (Å²) < 4.78 is 25.7. The Hall–Kier alpha value is -3.36. The second-order valence-electron chi connectivity index (χ2n) is 6.34. The Morgan fingerprint density at radius 2 is 2.11 bits per heavy atom. The van der Waals surface area contributed by atoms with Gasteiger partial charge in [0, 0.05) is 11.6 Å². The van der Waals surface area contributed by atoms with Gasteiger partial charge in [0.2, 0.25) is 0 Å². The zero-order valence-electron chi connectivity index (χ0n) is 15.9. The van der Waals surface area contributed by atoms with Gasteiger partial charge in [-0.15, -0.1) is 5.10 Å². The van der Waals surface area contributed by atoms with E-state index >= 15 is 0 Å². The van der Waals surface area contributed by atoms with Gasteiger partial charge in [0.15, 0.2) is 5.65 Å².